The van der Waals surface area contributed by atoms with E-state index in [1.165, 1.54) is 25.7 Å². The Labute approximate surface area is 111 Å². The van der Waals surface area contributed by atoms with Gasteiger partial charge in [0, 0.05) is 12.1 Å². The van der Waals surface area contributed by atoms with Crippen molar-refractivity contribution in [3.63, 3.8) is 0 Å². The normalized spacial score (nSPS) is 33.9. The van der Waals surface area contributed by atoms with E-state index in [-0.39, 0.29) is 17.5 Å². The molecule has 0 radical (unpaired) electrons. The third-order valence-electron chi connectivity index (χ3n) is 4.45. The quantitative estimate of drug-likeness (QED) is 0.777. The Bertz CT molecular complexity index is 308. The van der Waals surface area contributed by atoms with Crippen LogP contribution in [-0.4, -0.2) is 36.0 Å². The number of hydrogen-bond acceptors (Lipinski definition) is 2. The van der Waals surface area contributed by atoms with Gasteiger partial charge < -0.3 is 5.32 Å². The van der Waals surface area contributed by atoms with Crippen molar-refractivity contribution in [2.24, 2.45) is 11.8 Å². The van der Waals surface area contributed by atoms with Gasteiger partial charge >= 0.3 is 0 Å². The van der Waals surface area contributed by atoms with Gasteiger partial charge in [0.1, 0.15) is 0 Å². The molecule has 3 unspecified atom stereocenters. The predicted molar refractivity (Wildman–Crippen MR) is 74.4 cm³/mol. The number of piperidine rings is 1. The number of likely N-dealkylation sites (tertiary alicyclic amines) is 1. The zero-order valence-electron chi connectivity index (χ0n) is 12.3. The number of rotatable bonds is 1. The Balaban J connectivity index is 1.98. The number of likely N-dealkylation sites (N-methyl/N-ethyl adjacent to an activating group) is 1. The Morgan fingerprint density at radius 3 is 2.39 bits per heavy atom. The van der Waals surface area contributed by atoms with Crippen molar-refractivity contribution < 1.29 is 4.79 Å². The fourth-order valence-electron chi connectivity index (χ4n) is 3.56. The van der Waals surface area contributed by atoms with Crippen LogP contribution in [0.5, 0.6) is 0 Å². The van der Waals surface area contributed by atoms with Gasteiger partial charge in [-0.05, 0) is 52.5 Å². The number of carbonyl (C=O) groups is 1. The van der Waals surface area contributed by atoms with Crippen LogP contribution < -0.4 is 5.32 Å². The summed E-state index contributed by atoms with van der Waals surface area (Å²) in [5.41, 5.74) is -0.124. The maximum absolute atomic E-state index is 12.3. The van der Waals surface area contributed by atoms with Gasteiger partial charge in [0.05, 0.1) is 6.04 Å². The van der Waals surface area contributed by atoms with E-state index in [0.29, 0.717) is 0 Å². The van der Waals surface area contributed by atoms with Gasteiger partial charge in [-0.25, -0.2) is 0 Å². The van der Waals surface area contributed by atoms with Gasteiger partial charge in [-0.15, -0.1) is 0 Å². The Kier molecular flexibility index (Phi) is 4.00. The second-order valence-electron chi connectivity index (χ2n) is 7.23. The van der Waals surface area contributed by atoms with Crippen LogP contribution in [0.1, 0.15) is 52.9 Å². The molecule has 1 saturated heterocycles. The molecule has 0 aromatic rings. The molecule has 2 aliphatic rings. The number of nitrogens with one attached hydrogen (secondary N) is 1. The molecule has 1 saturated carbocycles. The van der Waals surface area contributed by atoms with Crippen LogP contribution in [-0.2, 0) is 4.79 Å². The molecule has 1 N–H and O–H groups in total. The van der Waals surface area contributed by atoms with E-state index in [4.69, 9.17) is 0 Å². The van der Waals surface area contributed by atoms with Crippen molar-refractivity contribution in [2.45, 2.75) is 64.5 Å². The molecule has 3 nitrogen and oxygen atoms in total. The molecule has 0 aromatic carbocycles. The van der Waals surface area contributed by atoms with Gasteiger partial charge in [0.15, 0.2) is 0 Å². The Morgan fingerprint density at radius 2 is 1.78 bits per heavy atom. The van der Waals surface area contributed by atoms with E-state index in [2.05, 4.69) is 38.0 Å². The summed E-state index contributed by atoms with van der Waals surface area (Å²) in [6, 6.07) is 0.0866. The van der Waals surface area contributed by atoms with E-state index in [1.807, 2.05) is 0 Å². The molecule has 2 rings (SSSR count). The molecule has 1 amide bonds. The lowest BCUT2D eigenvalue weighted by atomic mass is 9.73. The highest BCUT2D eigenvalue weighted by Crippen LogP contribution is 2.38. The van der Waals surface area contributed by atoms with Crippen molar-refractivity contribution >= 4 is 5.91 Å². The van der Waals surface area contributed by atoms with Crippen LogP contribution >= 0.6 is 0 Å². The lowest BCUT2D eigenvalue weighted by Crippen LogP contribution is -2.56. The van der Waals surface area contributed by atoms with Crippen molar-refractivity contribution in [3.8, 4) is 0 Å². The van der Waals surface area contributed by atoms with Crippen LogP contribution in [0.2, 0.25) is 0 Å². The van der Waals surface area contributed by atoms with Gasteiger partial charge in [0.25, 0.3) is 0 Å². The molecule has 0 bridgehead atoms. The summed E-state index contributed by atoms with van der Waals surface area (Å²) in [5, 5.41) is 3.13. The fourth-order valence-corrected chi connectivity index (χ4v) is 3.56. The predicted octanol–water partition coefficient (Wildman–Crippen LogP) is 2.41. The highest BCUT2D eigenvalue weighted by Gasteiger charge is 2.38. The summed E-state index contributed by atoms with van der Waals surface area (Å²) >= 11 is 0. The minimum Gasteiger partial charge on any atom is -0.350 e. The second-order valence-corrected chi connectivity index (χ2v) is 7.23. The maximum atomic E-state index is 12.3. The highest BCUT2D eigenvalue weighted by molar-refractivity contribution is 5.82. The molecule has 1 aliphatic carbocycles. The van der Waals surface area contributed by atoms with Crippen molar-refractivity contribution in [1.29, 1.82) is 0 Å². The van der Waals surface area contributed by atoms with Gasteiger partial charge in [0.2, 0.25) is 5.91 Å². The maximum Gasteiger partial charge on any atom is 0.237 e. The summed E-state index contributed by atoms with van der Waals surface area (Å²) in [5.74, 6) is 1.84. The minimum atomic E-state index is -0.124. The summed E-state index contributed by atoms with van der Waals surface area (Å²) in [4.78, 5) is 14.6. The monoisotopic (exact) mass is 252 g/mol. The van der Waals surface area contributed by atoms with E-state index < -0.39 is 0 Å². The molecular weight excluding hydrogens is 224 g/mol. The van der Waals surface area contributed by atoms with E-state index in [1.54, 1.807) is 0 Å². The summed E-state index contributed by atoms with van der Waals surface area (Å²) in [6.45, 7) is 7.26. The highest BCUT2D eigenvalue weighted by atomic mass is 16.2. The van der Waals surface area contributed by atoms with Crippen molar-refractivity contribution in [3.05, 3.63) is 0 Å². The van der Waals surface area contributed by atoms with Crippen LogP contribution in [0, 0.1) is 11.8 Å². The average molecular weight is 252 g/mol. The van der Waals surface area contributed by atoms with Gasteiger partial charge in [-0.2, -0.15) is 0 Å². The van der Waals surface area contributed by atoms with Crippen molar-refractivity contribution in [2.75, 3.05) is 13.6 Å². The lowest BCUT2D eigenvalue weighted by Gasteiger charge is -2.44. The van der Waals surface area contributed by atoms with Crippen molar-refractivity contribution in [1.82, 2.24) is 10.2 Å². The zero-order valence-corrected chi connectivity index (χ0v) is 12.3. The fraction of sp³-hybridized carbons (Fsp3) is 0.933. The molecule has 1 aliphatic heterocycles. The minimum absolute atomic E-state index is 0.0866. The summed E-state index contributed by atoms with van der Waals surface area (Å²) in [6.07, 6.45) is 6.50. The topological polar surface area (TPSA) is 32.3 Å². The summed E-state index contributed by atoms with van der Waals surface area (Å²) in [7, 11) is 2.11. The van der Waals surface area contributed by atoms with Crippen LogP contribution in [0.25, 0.3) is 0 Å². The molecule has 1 heterocycles. The third kappa shape index (κ3) is 3.25. The molecule has 3 atom stereocenters. The molecule has 3 heteroatoms. The number of hydrogen-bond donors (Lipinski definition) is 1. The molecule has 0 spiro atoms. The first-order chi connectivity index (χ1) is 8.37. The number of nitrogens with zero attached hydrogens (tertiary/aromatic N) is 1. The molecule has 104 valence electrons. The first kappa shape index (κ1) is 13.9. The molecule has 0 aromatic heterocycles. The van der Waals surface area contributed by atoms with Crippen LogP contribution in [0.15, 0.2) is 0 Å². The number of carbonyl (C=O) groups excluding carboxylic acids is 1. The zero-order chi connectivity index (χ0) is 13.3. The molecular formula is C15H28N2O. The first-order valence-corrected chi connectivity index (χ1v) is 7.39. The van der Waals surface area contributed by atoms with Crippen LogP contribution in [0.4, 0.5) is 0 Å². The number of fused-ring (bicyclic) bond motifs is 1. The largest absolute Gasteiger partial charge is 0.350 e. The first-order valence-electron chi connectivity index (χ1n) is 7.39. The lowest BCUT2D eigenvalue weighted by molar-refractivity contribution is -0.130. The average Bonchev–Trinajstić information content (AvgIpc) is 2.25. The van der Waals surface area contributed by atoms with E-state index in [9.17, 15) is 4.79 Å². The van der Waals surface area contributed by atoms with Gasteiger partial charge in [-0.3, -0.25) is 9.69 Å². The third-order valence-corrected chi connectivity index (χ3v) is 4.45. The smallest absolute Gasteiger partial charge is 0.237 e. The second kappa shape index (κ2) is 5.20. The van der Waals surface area contributed by atoms with Crippen LogP contribution in [0.3, 0.4) is 0 Å². The van der Waals surface area contributed by atoms with E-state index in [0.717, 1.165) is 24.8 Å². The Morgan fingerprint density at radius 1 is 1.17 bits per heavy atom. The SMILES string of the molecule is CN1CC2CCCCC2CC1C(=O)NC(C)(C)C. The Hall–Kier alpha value is -0.570. The van der Waals surface area contributed by atoms with Gasteiger partial charge in [-0.1, -0.05) is 19.3 Å². The molecule has 18 heavy (non-hydrogen) atoms. The summed E-state index contributed by atoms with van der Waals surface area (Å²) < 4.78 is 0. The van der Waals surface area contributed by atoms with E-state index >= 15 is 0 Å². The molecule has 2 fully saturated rings. The standard InChI is InChI=1S/C15H28N2O/c1-15(2,3)16-14(18)13-9-11-7-5-6-8-12(11)10-17(13)4/h11-13H,5-10H2,1-4H3,(H,16,18). The number of amides is 1.